The van der Waals surface area contributed by atoms with Crippen LogP contribution in [-0.2, 0) is 0 Å². The van der Waals surface area contributed by atoms with E-state index in [2.05, 4.69) is 12.1 Å². The molecule has 3 heteroatoms. The van der Waals surface area contributed by atoms with E-state index in [1.165, 1.54) is 57.8 Å². The Morgan fingerprint density at radius 3 is 1.90 bits per heavy atom. The summed E-state index contributed by atoms with van der Waals surface area (Å²) in [5, 5.41) is 23.3. The number of rotatable bonds is 14. The van der Waals surface area contributed by atoms with Crippen molar-refractivity contribution in [2.24, 2.45) is 5.16 Å². The van der Waals surface area contributed by atoms with Crippen molar-refractivity contribution in [2.45, 2.75) is 84.0 Å². The molecule has 0 spiro atoms. The van der Waals surface area contributed by atoms with Crippen LogP contribution in [-0.4, -0.2) is 16.0 Å². The Hall–Kier alpha value is -2.29. The zero-order chi connectivity index (χ0) is 20.7. The van der Waals surface area contributed by atoms with Gasteiger partial charge in [-0.3, -0.25) is 0 Å². The fourth-order valence-electron chi connectivity index (χ4n) is 3.77. The summed E-state index contributed by atoms with van der Waals surface area (Å²) in [5.41, 5.74) is 3.29. The smallest absolute Gasteiger partial charge is 0.124 e. The fourth-order valence-corrected chi connectivity index (χ4v) is 3.77. The Balaban J connectivity index is 1.74. The van der Waals surface area contributed by atoms with E-state index in [0.717, 1.165) is 24.0 Å². The van der Waals surface area contributed by atoms with Gasteiger partial charge in [-0.05, 0) is 36.1 Å². The average Bonchev–Trinajstić information content (AvgIpc) is 2.76. The molecule has 0 fully saturated rings. The number of hydrogen-bond acceptors (Lipinski definition) is 3. The number of hydrogen-bond donors (Lipinski definition) is 2. The lowest BCUT2D eigenvalue weighted by molar-refractivity contribution is 0.317. The van der Waals surface area contributed by atoms with Gasteiger partial charge in [0.1, 0.15) is 5.75 Å². The van der Waals surface area contributed by atoms with E-state index in [1.807, 2.05) is 42.5 Å². The average molecular weight is 396 g/mol. The molecule has 2 aromatic rings. The molecule has 158 valence electrons. The number of benzene rings is 2. The molecule has 29 heavy (non-hydrogen) atoms. The molecule has 0 aromatic heterocycles. The molecule has 0 aliphatic carbocycles. The zero-order valence-corrected chi connectivity index (χ0v) is 17.9. The van der Waals surface area contributed by atoms with Crippen molar-refractivity contribution >= 4 is 5.71 Å². The van der Waals surface area contributed by atoms with Crippen LogP contribution in [0.15, 0.2) is 53.7 Å². The van der Waals surface area contributed by atoms with Crippen LogP contribution in [0.2, 0.25) is 0 Å². The predicted octanol–water partition coefficient (Wildman–Crippen LogP) is 7.94. The highest BCUT2D eigenvalue weighted by atomic mass is 16.4. The van der Waals surface area contributed by atoms with Crippen LogP contribution >= 0.6 is 0 Å². The lowest BCUT2D eigenvalue weighted by atomic mass is 9.97. The monoisotopic (exact) mass is 395 g/mol. The van der Waals surface area contributed by atoms with Gasteiger partial charge in [-0.2, -0.15) is 0 Å². The van der Waals surface area contributed by atoms with Gasteiger partial charge in [-0.15, -0.1) is 0 Å². The first-order valence-corrected chi connectivity index (χ1v) is 11.4. The van der Waals surface area contributed by atoms with Crippen LogP contribution in [0.1, 0.15) is 89.5 Å². The molecule has 2 rings (SSSR count). The first kappa shape index (κ1) is 23.0. The molecule has 0 aliphatic heterocycles. The largest absolute Gasteiger partial charge is 0.507 e. The second-order valence-electron chi connectivity index (χ2n) is 7.93. The van der Waals surface area contributed by atoms with E-state index >= 15 is 0 Å². The summed E-state index contributed by atoms with van der Waals surface area (Å²) < 4.78 is 0. The number of oxime groups is 1. The van der Waals surface area contributed by atoms with Gasteiger partial charge in [0.2, 0.25) is 0 Å². The van der Waals surface area contributed by atoms with Gasteiger partial charge in [-0.1, -0.05) is 113 Å². The summed E-state index contributed by atoms with van der Waals surface area (Å²) in [6.07, 6.45) is 14.8. The molecular formula is C26H37NO2. The lowest BCUT2D eigenvalue weighted by Gasteiger charge is -2.10. The third kappa shape index (κ3) is 8.31. The Morgan fingerprint density at radius 2 is 1.31 bits per heavy atom. The maximum atomic E-state index is 10.3. The molecular weight excluding hydrogens is 358 g/mol. The quantitative estimate of drug-likeness (QED) is 0.148. The van der Waals surface area contributed by atoms with E-state index in [9.17, 15) is 10.3 Å². The molecule has 2 aromatic carbocycles. The first-order chi connectivity index (χ1) is 14.3. The highest BCUT2D eigenvalue weighted by molar-refractivity contribution is 6.03. The van der Waals surface area contributed by atoms with Crippen molar-refractivity contribution < 1.29 is 10.3 Å². The SMILES string of the molecule is CCCCCCCCCCCCC/C(=N\O)c1cc(-c2ccccc2)ccc1O. The standard InChI is InChI=1S/C26H37NO2/c1-2-3-4-5-6-7-8-9-10-11-15-18-25(27-29)24-21-23(19-20-26(24)28)22-16-13-12-14-17-22/h12-14,16-17,19-21,28-29H,2-11,15,18H2,1H3/b27-25+. The molecule has 0 amide bonds. The minimum atomic E-state index is 0.167. The van der Waals surface area contributed by atoms with E-state index in [4.69, 9.17) is 0 Å². The van der Waals surface area contributed by atoms with Crippen LogP contribution in [0, 0.1) is 0 Å². The summed E-state index contributed by atoms with van der Waals surface area (Å²) in [7, 11) is 0. The highest BCUT2D eigenvalue weighted by Gasteiger charge is 2.11. The summed E-state index contributed by atoms with van der Waals surface area (Å²) in [5.74, 6) is 0.167. The maximum absolute atomic E-state index is 10.3. The molecule has 0 saturated carbocycles. The van der Waals surface area contributed by atoms with Gasteiger partial charge in [0.05, 0.1) is 5.71 Å². The highest BCUT2D eigenvalue weighted by Crippen LogP contribution is 2.27. The molecule has 3 nitrogen and oxygen atoms in total. The Bertz CT molecular complexity index is 725. The van der Waals surface area contributed by atoms with Gasteiger partial charge in [0, 0.05) is 5.56 Å². The van der Waals surface area contributed by atoms with Gasteiger partial charge >= 0.3 is 0 Å². The summed E-state index contributed by atoms with van der Waals surface area (Å²) in [6, 6.07) is 15.5. The van der Waals surface area contributed by atoms with E-state index in [0.29, 0.717) is 17.7 Å². The van der Waals surface area contributed by atoms with Gasteiger partial charge < -0.3 is 10.3 Å². The Labute approximate surface area is 176 Å². The minimum absolute atomic E-state index is 0.167. The number of phenols is 1. The molecule has 0 radical (unpaired) electrons. The summed E-state index contributed by atoms with van der Waals surface area (Å²) in [4.78, 5) is 0. The van der Waals surface area contributed by atoms with Crippen molar-refractivity contribution in [1.82, 2.24) is 0 Å². The van der Waals surface area contributed by atoms with Crippen LogP contribution in [0.25, 0.3) is 11.1 Å². The normalized spacial score (nSPS) is 11.7. The van der Waals surface area contributed by atoms with Gasteiger partial charge in [0.15, 0.2) is 0 Å². The van der Waals surface area contributed by atoms with Gasteiger partial charge in [-0.25, -0.2) is 0 Å². The predicted molar refractivity (Wildman–Crippen MR) is 123 cm³/mol. The molecule has 2 N–H and O–H groups in total. The van der Waals surface area contributed by atoms with Crippen molar-refractivity contribution in [3.05, 3.63) is 54.1 Å². The second-order valence-corrected chi connectivity index (χ2v) is 7.93. The lowest BCUT2D eigenvalue weighted by Crippen LogP contribution is -2.02. The maximum Gasteiger partial charge on any atom is 0.124 e. The summed E-state index contributed by atoms with van der Waals surface area (Å²) >= 11 is 0. The molecule has 0 bridgehead atoms. The summed E-state index contributed by atoms with van der Waals surface area (Å²) in [6.45, 7) is 2.26. The molecule has 0 saturated heterocycles. The van der Waals surface area contributed by atoms with Crippen LogP contribution in [0.5, 0.6) is 5.75 Å². The number of aromatic hydroxyl groups is 1. The van der Waals surface area contributed by atoms with Crippen LogP contribution in [0.4, 0.5) is 0 Å². The number of unbranched alkanes of at least 4 members (excludes halogenated alkanes) is 10. The van der Waals surface area contributed by atoms with E-state index in [-0.39, 0.29) is 5.75 Å². The molecule has 0 aliphatic rings. The van der Waals surface area contributed by atoms with Crippen molar-refractivity contribution in [3.8, 4) is 16.9 Å². The Morgan fingerprint density at radius 1 is 0.724 bits per heavy atom. The topological polar surface area (TPSA) is 52.8 Å². The zero-order valence-electron chi connectivity index (χ0n) is 17.9. The molecule has 0 heterocycles. The van der Waals surface area contributed by atoms with Crippen molar-refractivity contribution in [1.29, 1.82) is 0 Å². The van der Waals surface area contributed by atoms with Crippen LogP contribution in [0.3, 0.4) is 0 Å². The Kier molecular flexibility index (Phi) is 11.0. The number of nitrogens with zero attached hydrogens (tertiary/aromatic N) is 1. The van der Waals surface area contributed by atoms with E-state index < -0.39 is 0 Å². The number of phenolic OH excluding ortho intramolecular Hbond substituents is 1. The first-order valence-electron chi connectivity index (χ1n) is 11.4. The second kappa shape index (κ2) is 13.8. The van der Waals surface area contributed by atoms with Crippen molar-refractivity contribution in [2.75, 3.05) is 0 Å². The molecule has 0 unspecified atom stereocenters. The van der Waals surface area contributed by atoms with Crippen molar-refractivity contribution in [3.63, 3.8) is 0 Å². The third-order valence-corrected chi connectivity index (χ3v) is 5.55. The van der Waals surface area contributed by atoms with Crippen LogP contribution < -0.4 is 0 Å². The van der Waals surface area contributed by atoms with E-state index in [1.54, 1.807) is 6.07 Å². The third-order valence-electron chi connectivity index (χ3n) is 5.55. The van der Waals surface area contributed by atoms with Gasteiger partial charge in [0.25, 0.3) is 0 Å². The minimum Gasteiger partial charge on any atom is -0.507 e. The molecule has 0 atom stereocenters. The fraction of sp³-hybridized carbons (Fsp3) is 0.500.